The monoisotopic (exact) mass is 663 g/mol. The lowest BCUT2D eigenvalue weighted by Crippen LogP contribution is -2.59. The molecule has 0 saturated heterocycles. The van der Waals surface area contributed by atoms with Crippen LogP contribution in [0.5, 0.6) is 0 Å². The van der Waals surface area contributed by atoms with Crippen LogP contribution in [0.1, 0.15) is 11.1 Å². The van der Waals surface area contributed by atoms with Gasteiger partial charge in [0.25, 0.3) is 6.71 Å². The lowest BCUT2D eigenvalue weighted by atomic mass is 9.34. The fraction of sp³-hybridized carbons (Fsp3) is 0.0435. The molecule has 0 aliphatic carbocycles. The van der Waals surface area contributed by atoms with Gasteiger partial charge in [-0.15, -0.1) is 0 Å². The van der Waals surface area contributed by atoms with E-state index in [9.17, 15) is 0 Å². The van der Waals surface area contributed by atoms with Crippen LogP contribution in [0.3, 0.4) is 0 Å². The standard InChI is InChI=1S/C46H30BN5/c1-27-21-23-34-43-41(27)48-45(29-13-5-3-6-14-29)51(43)38-25-31(50-36-19-11-9-17-32(36)33-18-10-12-20-37(33)50)26-39-40(38)47(34)35-24-22-28(2)42-44(35)52(39)46(49-42)30-15-7-4-8-16-30/h3-26H,1-2H3. The predicted molar refractivity (Wildman–Crippen MR) is 215 cm³/mol. The largest absolute Gasteiger partial charge is 0.309 e. The van der Waals surface area contributed by atoms with E-state index < -0.39 is 0 Å². The quantitative estimate of drug-likeness (QED) is 0.178. The number of para-hydroxylation sites is 2. The molecule has 0 bridgehead atoms. The van der Waals surface area contributed by atoms with Gasteiger partial charge in [-0.1, -0.05) is 121 Å². The van der Waals surface area contributed by atoms with Crippen LogP contribution in [0.4, 0.5) is 0 Å². The van der Waals surface area contributed by atoms with E-state index in [-0.39, 0.29) is 6.71 Å². The molecule has 0 N–H and O–H groups in total. The second-order valence-electron chi connectivity index (χ2n) is 14.3. The Labute approximate surface area is 300 Å². The minimum Gasteiger partial charge on any atom is -0.309 e. The highest BCUT2D eigenvalue weighted by Crippen LogP contribution is 2.40. The van der Waals surface area contributed by atoms with Crippen LogP contribution >= 0.6 is 0 Å². The summed E-state index contributed by atoms with van der Waals surface area (Å²) < 4.78 is 7.35. The summed E-state index contributed by atoms with van der Waals surface area (Å²) in [4.78, 5) is 10.9. The number of fused-ring (bicyclic) bond motifs is 7. The zero-order chi connectivity index (χ0) is 34.2. The molecule has 0 fully saturated rings. The first-order valence-corrected chi connectivity index (χ1v) is 18.0. The fourth-order valence-corrected chi connectivity index (χ4v) is 9.25. The van der Waals surface area contributed by atoms with Gasteiger partial charge in [0.15, 0.2) is 0 Å². The summed E-state index contributed by atoms with van der Waals surface area (Å²) in [5.41, 5.74) is 18.7. The number of hydrogen-bond donors (Lipinski definition) is 0. The number of imidazole rings is 2. The first kappa shape index (κ1) is 28.1. The number of aryl methyl sites for hydroxylation is 2. The van der Waals surface area contributed by atoms with Gasteiger partial charge in [0.05, 0.1) is 38.8 Å². The second-order valence-corrected chi connectivity index (χ2v) is 14.3. The summed E-state index contributed by atoms with van der Waals surface area (Å²) >= 11 is 0. The molecule has 2 aliphatic heterocycles. The predicted octanol–water partition coefficient (Wildman–Crippen LogP) is 8.56. The van der Waals surface area contributed by atoms with E-state index in [4.69, 9.17) is 9.97 Å². The third-order valence-electron chi connectivity index (χ3n) is 11.5. The molecule has 0 unspecified atom stereocenters. The van der Waals surface area contributed by atoms with Gasteiger partial charge in [-0.2, -0.15) is 0 Å². The summed E-state index contributed by atoms with van der Waals surface area (Å²) in [5.74, 6) is 1.92. The van der Waals surface area contributed by atoms with Crippen molar-refractivity contribution in [2.45, 2.75) is 13.8 Å². The highest BCUT2D eigenvalue weighted by Gasteiger charge is 2.42. The van der Waals surface area contributed by atoms with Crippen molar-refractivity contribution >= 4 is 67.0 Å². The lowest BCUT2D eigenvalue weighted by molar-refractivity contribution is 1.06. The maximum absolute atomic E-state index is 5.47. The first-order valence-electron chi connectivity index (χ1n) is 18.0. The van der Waals surface area contributed by atoms with E-state index in [1.165, 1.54) is 60.4 Å². The summed E-state index contributed by atoms with van der Waals surface area (Å²) in [7, 11) is 0. The Bertz CT molecular complexity index is 2940. The van der Waals surface area contributed by atoms with Crippen LogP contribution in [-0.2, 0) is 0 Å². The van der Waals surface area contributed by atoms with Crippen molar-refractivity contribution in [3.05, 3.63) is 157 Å². The van der Waals surface area contributed by atoms with Gasteiger partial charge >= 0.3 is 0 Å². The topological polar surface area (TPSA) is 40.6 Å². The summed E-state index contributed by atoms with van der Waals surface area (Å²) in [6, 6.07) is 52.9. The van der Waals surface area contributed by atoms with Crippen molar-refractivity contribution in [2.75, 3.05) is 0 Å². The van der Waals surface area contributed by atoms with Crippen LogP contribution in [0.2, 0.25) is 0 Å². The summed E-state index contributed by atoms with van der Waals surface area (Å²) in [5, 5.41) is 2.49. The van der Waals surface area contributed by atoms with Crippen LogP contribution < -0.4 is 16.4 Å². The molecule has 52 heavy (non-hydrogen) atoms. The fourth-order valence-electron chi connectivity index (χ4n) is 9.25. The molecule has 5 heterocycles. The number of nitrogens with zero attached hydrogens (tertiary/aromatic N) is 5. The summed E-state index contributed by atoms with van der Waals surface area (Å²) in [6.45, 7) is 4.39. The van der Waals surface area contributed by atoms with Crippen LogP contribution in [0, 0.1) is 13.8 Å². The molecule has 6 heteroatoms. The third-order valence-corrected chi connectivity index (χ3v) is 11.5. The zero-order valence-electron chi connectivity index (χ0n) is 28.7. The smallest absolute Gasteiger partial charge is 0.252 e. The molecule has 12 rings (SSSR count). The highest BCUT2D eigenvalue weighted by molar-refractivity contribution is 7.00. The van der Waals surface area contributed by atoms with E-state index in [1.807, 2.05) is 0 Å². The number of aromatic nitrogens is 5. The Kier molecular flexibility index (Phi) is 5.39. The number of rotatable bonds is 3. The van der Waals surface area contributed by atoms with Gasteiger partial charge in [0.2, 0.25) is 0 Å². The van der Waals surface area contributed by atoms with E-state index in [1.54, 1.807) is 0 Å². The van der Waals surface area contributed by atoms with Crippen molar-refractivity contribution < 1.29 is 0 Å². The van der Waals surface area contributed by atoms with Crippen molar-refractivity contribution in [2.24, 2.45) is 0 Å². The van der Waals surface area contributed by atoms with Crippen LogP contribution in [0.25, 0.3) is 83.7 Å². The second kappa shape index (κ2) is 9.99. The van der Waals surface area contributed by atoms with Gasteiger partial charge in [-0.25, -0.2) is 9.97 Å². The van der Waals surface area contributed by atoms with E-state index >= 15 is 0 Å². The summed E-state index contributed by atoms with van der Waals surface area (Å²) in [6.07, 6.45) is 0. The molecule has 0 spiro atoms. The molecular weight excluding hydrogens is 633 g/mol. The number of benzene rings is 7. The highest BCUT2D eigenvalue weighted by atomic mass is 15.1. The molecule has 3 aromatic heterocycles. The molecule has 242 valence electrons. The maximum atomic E-state index is 5.47. The van der Waals surface area contributed by atoms with Gasteiger partial charge < -0.3 is 4.57 Å². The Hall–Kier alpha value is -6.66. The van der Waals surface area contributed by atoms with Gasteiger partial charge in [0.1, 0.15) is 11.6 Å². The lowest BCUT2D eigenvalue weighted by Gasteiger charge is -2.34. The molecule has 0 saturated carbocycles. The van der Waals surface area contributed by atoms with Gasteiger partial charge in [0, 0.05) is 33.3 Å². The minimum absolute atomic E-state index is 0.0176. The third kappa shape index (κ3) is 3.48. The molecule has 0 atom stereocenters. The van der Waals surface area contributed by atoms with Crippen LogP contribution in [-0.4, -0.2) is 30.4 Å². The Morgan fingerprint density at radius 2 is 0.904 bits per heavy atom. The Balaban J connectivity index is 1.31. The molecule has 7 aromatic carbocycles. The molecule has 0 amide bonds. The molecule has 0 radical (unpaired) electrons. The normalized spacial score (nSPS) is 12.8. The zero-order valence-corrected chi connectivity index (χ0v) is 28.7. The van der Waals surface area contributed by atoms with Crippen molar-refractivity contribution in [3.63, 3.8) is 0 Å². The van der Waals surface area contributed by atoms with Gasteiger partial charge in [-0.3, -0.25) is 9.13 Å². The average Bonchev–Trinajstić information content (AvgIpc) is 3.90. The van der Waals surface area contributed by atoms with Crippen molar-refractivity contribution in [1.82, 2.24) is 23.7 Å². The van der Waals surface area contributed by atoms with Gasteiger partial charge in [-0.05, 0) is 65.6 Å². The SMILES string of the molecule is Cc1ccc2c3c1nc(-c1ccccc1)n3-c1cc(-n3c4ccccc4c4ccccc43)cc3c1B2c1ccc(C)c2nc(-c4ccccc4)n-3c12. The Morgan fingerprint density at radius 1 is 0.462 bits per heavy atom. The van der Waals surface area contributed by atoms with E-state index in [0.717, 1.165) is 50.9 Å². The van der Waals surface area contributed by atoms with Crippen molar-refractivity contribution in [3.8, 4) is 39.8 Å². The maximum Gasteiger partial charge on any atom is 0.252 e. The average molecular weight is 664 g/mol. The van der Waals surface area contributed by atoms with Crippen molar-refractivity contribution in [1.29, 1.82) is 0 Å². The van der Waals surface area contributed by atoms with E-state index in [0.29, 0.717) is 0 Å². The number of hydrogen-bond acceptors (Lipinski definition) is 2. The molecule has 2 aliphatic rings. The first-order chi connectivity index (χ1) is 25.7. The van der Waals surface area contributed by atoms with E-state index in [2.05, 4.69) is 173 Å². The minimum atomic E-state index is 0.0176. The molecular formula is C46H30BN5. The van der Waals surface area contributed by atoms with Crippen LogP contribution in [0.15, 0.2) is 146 Å². The Morgan fingerprint density at radius 3 is 1.38 bits per heavy atom. The molecule has 10 aromatic rings. The molecule has 5 nitrogen and oxygen atoms in total.